The Morgan fingerprint density at radius 3 is 0.860 bits per heavy atom. The third-order valence-electron chi connectivity index (χ3n) is 24.5. The standard InChI is InChI=1S/C80H142Cl2N14O4/c1-73(2)51-59(52-74(3,4)93(73)97-63-39-23-19-24-40-63)37-31-33-47-83-69-85-67(81)87-71(89-69)91(61-55-77(9,10)95(78(11,12)56-61)99-65-43-27-21-28-44-65)49-35-17-18-36-50-92(62-57-79(13,14)96(80(15,16)58-62)100-66-45-29-22-30-46-66)72-88-68(82)86-70(90-72)84-48-34-32-38-60-53-75(5,6)94(76(7,8)54-60)98-64-41-25-20-26-42-64/h59-66H,17-58H2,1-16H3,(H,83,85,87,89)(H,84,86,88,90). The SMILES string of the molecule is CC1(C)CC(CCCCNc2nc(Cl)nc(N(CCCCCCN(c3nc(Cl)nc(NCCCCC4CC(C)(C)N(OC5CCCCC5)C(C)(C)C4)n3)C3CC(C)(C)N(OC4CCCCC4)C(C)(C)C3)C3CC(C)(C)N(OC4CCCCC4)C(C)(C)C3)n2)CC(C)(C)N1OC1CCCCC1. The molecule has 4 aliphatic heterocycles. The Kier molecular flexibility index (Phi) is 27.7. The molecule has 0 spiro atoms. The summed E-state index contributed by atoms with van der Waals surface area (Å²) in [5.41, 5.74) is -0.999. The van der Waals surface area contributed by atoms with Gasteiger partial charge in [0.2, 0.25) is 34.4 Å². The molecule has 4 saturated carbocycles. The molecule has 0 unspecified atom stereocenters. The van der Waals surface area contributed by atoms with E-state index >= 15 is 0 Å². The molecule has 4 saturated heterocycles. The van der Waals surface area contributed by atoms with Crippen molar-refractivity contribution in [1.82, 2.24) is 50.2 Å². The number of nitrogens with zero attached hydrogens (tertiary/aromatic N) is 12. The third-order valence-corrected chi connectivity index (χ3v) is 24.8. The minimum absolute atomic E-state index is 0.0122. The Hall–Kier alpha value is -2.52. The Labute approximate surface area is 617 Å². The second kappa shape index (κ2) is 34.6. The molecule has 2 aromatic heterocycles. The number of nitrogens with one attached hydrogen (secondary N) is 2. The zero-order valence-corrected chi connectivity index (χ0v) is 67.6. The molecule has 2 N–H and O–H groups in total. The van der Waals surface area contributed by atoms with Gasteiger partial charge in [0.1, 0.15) is 0 Å². The summed E-state index contributed by atoms with van der Waals surface area (Å²) >= 11 is 14.0. The van der Waals surface area contributed by atoms with Gasteiger partial charge in [-0.3, -0.25) is 19.4 Å². The summed E-state index contributed by atoms with van der Waals surface area (Å²) in [4.78, 5) is 62.6. The topological polar surface area (TPSA) is 158 Å². The van der Waals surface area contributed by atoms with Crippen LogP contribution in [0.4, 0.5) is 23.8 Å². The molecule has 570 valence electrons. The normalized spacial score (nSPS) is 25.7. The molecule has 20 heteroatoms. The fourth-order valence-corrected chi connectivity index (χ4v) is 21.4. The highest BCUT2D eigenvalue weighted by Crippen LogP contribution is 2.49. The number of rotatable bonds is 31. The lowest BCUT2D eigenvalue weighted by Crippen LogP contribution is -2.65. The van der Waals surface area contributed by atoms with E-state index in [-0.39, 0.29) is 79.2 Å². The van der Waals surface area contributed by atoms with Gasteiger partial charge in [-0.2, -0.15) is 50.2 Å². The summed E-state index contributed by atoms with van der Waals surface area (Å²) in [6, 6.07) is 0.299. The van der Waals surface area contributed by atoms with Crippen molar-refractivity contribution >= 4 is 47.0 Å². The molecule has 10 rings (SSSR count). The number of unbranched alkanes of at least 4 members (excludes halogenated alkanes) is 5. The van der Waals surface area contributed by atoms with E-state index < -0.39 is 0 Å². The number of hydroxylamine groups is 8. The fourth-order valence-electron chi connectivity index (χ4n) is 21.1. The first-order chi connectivity index (χ1) is 47.3. The summed E-state index contributed by atoms with van der Waals surface area (Å²) in [6.07, 6.45) is 44.8. The largest absolute Gasteiger partial charge is 0.354 e. The van der Waals surface area contributed by atoms with Crippen molar-refractivity contribution in [3.8, 4) is 0 Å². The van der Waals surface area contributed by atoms with Gasteiger partial charge in [-0.15, -0.1) is 0 Å². The van der Waals surface area contributed by atoms with E-state index in [4.69, 9.17) is 72.5 Å². The van der Waals surface area contributed by atoms with Crippen LogP contribution in [0.2, 0.25) is 10.6 Å². The minimum atomic E-state index is -0.238. The van der Waals surface area contributed by atoms with Crippen LogP contribution in [0.5, 0.6) is 0 Å². The van der Waals surface area contributed by atoms with Gasteiger partial charge in [0.25, 0.3) is 0 Å². The van der Waals surface area contributed by atoms with Crippen molar-refractivity contribution in [2.24, 2.45) is 11.8 Å². The molecule has 8 aliphatic rings. The van der Waals surface area contributed by atoms with Crippen LogP contribution < -0.4 is 20.4 Å². The highest BCUT2D eigenvalue weighted by atomic mass is 35.5. The lowest BCUT2D eigenvalue weighted by Gasteiger charge is -2.56. The lowest BCUT2D eigenvalue weighted by atomic mass is 9.73. The average Bonchev–Trinajstić information content (AvgIpc) is 0.809. The van der Waals surface area contributed by atoms with Crippen molar-refractivity contribution in [2.45, 2.75) is 436 Å². The summed E-state index contributed by atoms with van der Waals surface area (Å²) in [5, 5.41) is 17.3. The molecular formula is C80H142Cl2N14O4. The van der Waals surface area contributed by atoms with E-state index in [1.54, 1.807) is 0 Å². The maximum atomic E-state index is 7.05. The Morgan fingerprint density at radius 2 is 0.590 bits per heavy atom. The molecule has 4 aliphatic carbocycles. The van der Waals surface area contributed by atoms with Gasteiger partial charge in [-0.1, -0.05) is 116 Å². The monoisotopic (exact) mass is 1430 g/mol. The molecule has 0 atom stereocenters. The minimum Gasteiger partial charge on any atom is -0.354 e. The average molecular weight is 1440 g/mol. The predicted octanol–water partition coefficient (Wildman–Crippen LogP) is 20.0. The van der Waals surface area contributed by atoms with Gasteiger partial charge < -0.3 is 20.4 Å². The first-order valence-corrected chi connectivity index (χ1v) is 41.8. The number of halogens is 2. The smallest absolute Gasteiger partial charge is 0.231 e. The van der Waals surface area contributed by atoms with Crippen molar-refractivity contribution in [2.75, 3.05) is 46.6 Å². The Bertz CT molecular complexity index is 2580. The van der Waals surface area contributed by atoms with Gasteiger partial charge in [0, 0.05) is 82.6 Å². The van der Waals surface area contributed by atoms with Crippen molar-refractivity contribution in [3.05, 3.63) is 10.6 Å². The summed E-state index contributed by atoms with van der Waals surface area (Å²) in [5.74, 6) is 3.71. The summed E-state index contributed by atoms with van der Waals surface area (Å²) < 4.78 is 0. The lowest BCUT2D eigenvalue weighted by molar-refractivity contribution is -0.314. The maximum Gasteiger partial charge on any atom is 0.231 e. The summed E-state index contributed by atoms with van der Waals surface area (Å²) in [7, 11) is 0. The van der Waals surface area contributed by atoms with Gasteiger partial charge >= 0.3 is 0 Å². The van der Waals surface area contributed by atoms with Crippen LogP contribution in [0.25, 0.3) is 0 Å². The number of aromatic nitrogens is 6. The van der Waals surface area contributed by atoms with Gasteiger partial charge in [-0.25, -0.2) is 0 Å². The molecule has 8 fully saturated rings. The zero-order chi connectivity index (χ0) is 71.7. The van der Waals surface area contributed by atoms with E-state index in [1.165, 1.54) is 116 Å². The first-order valence-electron chi connectivity index (χ1n) is 41.0. The molecule has 18 nitrogen and oxygen atoms in total. The maximum absolute atomic E-state index is 7.05. The number of piperidine rings is 4. The van der Waals surface area contributed by atoms with Crippen LogP contribution in [-0.2, 0) is 19.4 Å². The molecule has 6 heterocycles. The molecule has 0 amide bonds. The molecule has 0 aromatic carbocycles. The molecule has 100 heavy (non-hydrogen) atoms. The summed E-state index contributed by atoms with van der Waals surface area (Å²) in [6.45, 7) is 41.2. The second-order valence-corrected chi connectivity index (χ2v) is 38.6. The van der Waals surface area contributed by atoms with Crippen molar-refractivity contribution in [3.63, 3.8) is 0 Å². The highest BCUT2D eigenvalue weighted by molar-refractivity contribution is 6.28. The van der Waals surface area contributed by atoms with Crippen LogP contribution >= 0.6 is 23.2 Å². The van der Waals surface area contributed by atoms with Crippen molar-refractivity contribution < 1.29 is 19.4 Å². The Balaban J connectivity index is 0.793. The van der Waals surface area contributed by atoms with Crippen LogP contribution in [0.3, 0.4) is 0 Å². The predicted molar refractivity (Wildman–Crippen MR) is 411 cm³/mol. The Morgan fingerprint density at radius 1 is 0.330 bits per heavy atom. The quantitative estimate of drug-likeness (QED) is 0.0686. The van der Waals surface area contributed by atoms with Crippen LogP contribution in [0, 0.1) is 11.8 Å². The van der Waals surface area contributed by atoms with E-state index in [9.17, 15) is 0 Å². The van der Waals surface area contributed by atoms with Crippen LogP contribution in [0.1, 0.15) is 355 Å². The number of anilines is 4. The number of hydrogen-bond acceptors (Lipinski definition) is 18. The third kappa shape index (κ3) is 21.6. The van der Waals surface area contributed by atoms with E-state index in [0.717, 1.165) is 155 Å². The second-order valence-electron chi connectivity index (χ2n) is 37.9. The molecule has 2 aromatic rings. The molecular weight excluding hydrogens is 1290 g/mol. The van der Waals surface area contributed by atoms with Gasteiger partial charge in [0.15, 0.2) is 0 Å². The van der Waals surface area contributed by atoms with Crippen LogP contribution in [0.15, 0.2) is 0 Å². The first kappa shape index (κ1) is 80.0. The number of hydrogen-bond donors (Lipinski definition) is 2. The zero-order valence-electron chi connectivity index (χ0n) is 66.1. The van der Waals surface area contributed by atoms with Gasteiger partial charge in [0.05, 0.1) is 24.4 Å². The van der Waals surface area contributed by atoms with Crippen molar-refractivity contribution in [1.29, 1.82) is 0 Å². The van der Waals surface area contributed by atoms with Crippen LogP contribution in [-0.4, -0.2) is 157 Å². The molecule has 0 bridgehead atoms. The van der Waals surface area contributed by atoms with E-state index in [1.807, 2.05) is 0 Å². The highest BCUT2D eigenvalue weighted by Gasteiger charge is 2.53. The van der Waals surface area contributed by atoms with E-state index in [0.29, 0.717) is 47.8 Å². The van der Waals surface area contributed by atoms with Gasteiger partial charge in [-0.05, 0) is 274 Å². The fraction of sp³-hybridized carbons (Fsp3) is 0.925. The van der Waals surface area contributed by atoms with E-state index in [2.05, 4.69) is 151 Å². The molecule has 0 radical (unpaired) electrons.